The van der Waals surface area contributed by atoms with Crippen LogP contribution < -0.4 is 10.1 Å². The average Bonchev–Trinajstić information content (AvgIpc) is 3.16. The van der Waals surface area contributed by atoms with E-state index in [0.717, 1.165) is 40.0 Å². The molecule has 1 aromatic heterocycles. The highest BCUT2D eigenvalue weighted by atomic mass is 32.2. The number of aryl methyl sites for hydroxylation is 1. The fourth-order valence-electron chi connectivity index (χ4n) is 2.49. The van der Waals surface area contributed by atoms with Gasteiger partial charge in [-0.1, -0.05) is 11.8 Å². The number of amides is 1. The minimum atomic E-state index is -0.179. The number of fused-ring (bicyclic) bond motifs is 1. The fraction of sp³-hybridized carbons (Fsp3) is 0.294. The molecule has 120 valence electrons. The molecule has 2 heterocycles. The Morgan fingerprint density at radius 1 is 1.48 bits per heavy atom. The van der Waals surface area contributed by atoms with Gasteiger partial charge >= 0.3 is 0 Å². The van der Waals surface area contributed by atoms with Crippen molar-refractivity contribution in [1.29, 1.82) is 0 Å². The monoisotopic (exact) mass is 330 g/mol. The van der Waals surface area contributed by atoms with Crippen molar-refractivity contribution < 1.29 is 13.9 Å². The summed E-state index contributed by atoms with van der Waals surface area (Å²) in [5.41, 5.74) is 3.53. The predicted octanol–water partition coefficient (Wildman–Crippen LogP) is 3.37. The van der Waals surface area contributed by atoms with Crippen LogP contribution in [-0.4, -0.2) is 30.5 Å². The first-order valence-corrected chi connectivity index (χ1v) is 8.30. The van der Waals surface area contributed by atoms with Gasteiger partial charge in [0.1, 0.15) is 11.3 Å². The third kappa shape index (κ3) is 3.27. The van der Waals surface area contributed by atoms with Crippen LogP contribution in [0.1, 0.15) is 18.1 Å². The SMILES string of the molecule is COc1cc2occ(C)c2cc1/C(C)=C/C(=O)NC1=NCCS1. The van der Waals surface area contributed by atoms with Crippen LogP contribution in [0, 0.1) is 6.92 Å². The summed E-state index contributed by atoms with van der Waals surface area (Å²) in [7, 11) is 1.61. The first kappa shape index (κ1) is 15.7. The standard InChI is InChI=1S/C17H18N2O3S/c1-10(6-16(20)19-17-18-4-5-23-17)12-7-13-11(2)9-22-15(13)8-14(12)21-3/h6-9H,4-5H2,1-3H3,(H,18,19,20)/b10-6+. The van der Waals surface area contributed by atoms with Gasteiger partial charge in [-0.15, -0.1) is 0 Å². The maximum atomic E-state index is 12.1. The van der Waals surface area contributed by atoms with Crippen molar-refractivity contribution >= 4 is 39.4 Å². The Hall–Kier alpha value is -2.21. The van der Waals surface area contributed by atoms with Gasteiger partial charge in [0.2, 0.25) is 5.91 Å². The first-order chi connectivity index (χ1) is 11.1. The van der Waals surface area contributed by atoms with Crippen molar-refractivity contribution in [2.24, 2.45) is 4.99 Å². The topological polar surface area (TPSA) is 63.8 Å². The van der Waals surface area contributed by atoms with Crippen LogP contribution in [-0.2, 0) is 4.79 Å². The summed E-state index contributed by atoms with van der Waals surface area (Å²) in [6, 6.07) is 3.85. The molecular formula is C17H18N2O3S. The van der Waals surface area contributed by atoms with E-state index in [1.807, 2.05) is 26.0 Å². The molecule has 0 radical (unpaired) electrons. The molecule has 23 heavy (non-hydrogen) atoms. The van der Waals surface area contributed by atoms with Gasteiger partial charge in [0, 0.05) is 28.8 Å². The highest BCUT2D eigenvalue weighted by Crippen LogP contribution is 2.33. The number of hydrogen-bond donors (Lipinski definition) is 1. The Morgan fingerprint density at radius 3 is 3.00 bits per heavy atom. The Kier molecular flexibility index (Phi) is 4.43. The second-order valence-electron chi connectivity index (χ2n) is 5.32. The Morgan fingerprint density at radius 2 is 2.30 bits per heavy atom. The molecule has 6 heteroatoms. The predicted molar refractivity (Wildman–Crippen MR) is 94.1 cm³/mol. The van der Waals surface area contributed by atoms with Crippen LogP contribution in [0.5, 0.6) is 5.75 Å². The van der Waals surface area contributed by atoms with Gasteiger partial charge in [-0.3, -0.25) is 9.79 Å². The van der Waals surface area contributed by atoms with Crippen LogP contribution in [0.2, 0.25) is 0 Å². The molecule has 0 atom stereocenters. The number of hydrogen-bond acceptors (Lipinski definition) is 5. The van der Waals surface area contributed by atoms with Gasteiger partial charge in [-0.05, 0) is 31.1 Å². The number of amidine groups is 1. The van der Waals surface area contributed by atoms with Gasteiger partial charge < -0.3 is 14.5 Å². The van der Waals surface area contributed by atoms with Crippen molar-refractivity contribution in [2.45, 2.75) is 13.8 Å². The lowest BCUT2D eigenvalue weighted by molar-refractivity contribution is -0.115. The molecule has 0 saturated carbocycles. The van der Waals surface area contributed by atoms with E-state index in [4.69, 9.17) is 9.15 Å². The van der Waals surface area contributed by atoms with Crippen LogP contribution in [0.4, 0.5) is 0 Å². The molecule has 0 fully saturated rings. The molecule has 1 aliphatic heterocycles. The molecule has 5 nitrogen and oxygen atoms in total. The molecule has 0 aliphatic carbocycles. The molecule has 3 rings (SSSR count). The number of methoxy groups -OCH3 is 1. The second-order valence-corrected chi connectivity index (χ2v) is 6.40. The number of aliphatic imine (C=N–C) groups is 1. The molecule has 2 aromatic rings. The van der Waals surface area contributed by atoms with Gasteiger partial charge in [-0.25, -0.2) is 0 Å². The maximum absolute atomic E-state index is 12.1. The third-order valence-electron chi connectivity index (χ3n) is 3.68. The van der Waals surface area contributed by atoms with E-state index in [9.17, 15) is 4.79 Å². The molecule has 1 amide bonds. The lowest BCUT2D eigenvalue weighted by atomic mass is 10.0. The van der Waals surface area contributed by atoms with E-state index in [-0.39, 0.29) is 5.91 Å². The third-order valence-corrected chi connectivity index (χ3v) is 4.57. The molecular weight excluding hydrogens is 312 g/mol. The van der Waals surface area contributed by atoms with Crippen molar-refractivity contribution in [2.75, 3.05) is 19.4 Å². The second kappa shape index (κ2) is 6.50. The number of nitrogens with zero attached hydrogens (tertiary/aromatic N) is 1. The van der Waals surface area contributed by atoms with Gasteiger partial charge in [-0.2, -0.15) is 0 Å². The van der Waals surface area contributed by atoms with Crippen molar-refractivity contribution in [3.63, 3.8) is 0 Å². The van der Waals surface area contributed by atoms with E-state index in [2.05, 4.69) is 10.3 Å². The van der Waals surface area contributed by atoms with E-state index in [1.165, 1.54) is 0 Å². The van der Waals surface area contributed by atoms with Crippen molar-refractivity contribution in [3.8, 4) is 5.75 Å². The Bertz CT molecular complexity index is 821. The number of ether oxygens (including phenoxy) is 1. The minimum absolute atomic E-state index is 0.179. The average molecular weight is 330 g/mol. The van der Waals surface area contributed by atoms with Gasteiger partial charge in [0.15, 0.2) is 5.17 Å². The van der Waals surface area contributed by atoms with E-state index in [1.54, 1.807) is 31.2 Å². The summed E-state index contributed by atoms with van der Waals surface area (Å²) in [6.45, 7) is 4.64. The molecule has 1 N–H and O–H groups in total. The summed E-state index contributed by atoms with van der Waals surface area (Å²) in [5, 5.41) is 4.50. The lowest BCUT2D eigenvalue weighted by Gasteiger charge is -2.09. The summed E-state index contributed by atoms with van der Waals surface area (Å²) < 4.78 is 10.9. The molecule has 1 aromatic carbocycles. The largest absolute Gasteiger partial charge is 0.496 e. The molecule has 0 unspecified atom stereocenters. The van der Waals surface area contributed by atoms with Crippen LogP contribution in [0.25, 0.3) is 16.5 Å². The molecule has 1 aliphatic rings. The van der Waals surface area contributed by atoms with Crippen molar-refractivity contribution in [3.05, 3.63) is 35.6 Å². The summed E-state index contributed by atoms with van der Waals surface area (Å²) in [5.74, 6) is 1.42. The maximum Gasteiger partial charge on any atom is 0.250 e. The number of nitrogens with one attached hydrogen (secondary N) is 1. The highest BCUT2D eigenvalue weighted by molar-refractivity contribution is 8.14. The van der Waals surface area contributed by atoms with E-state index >= 15 is 0 Å². The van der Waals surface area contributed by atoms with Gasteiger partial charge in [0.05, 0.1) is 19.9 Å². The lowest BCUT2D eigenvalue weighted by Crippen LogP contribution is -2.25. The summed E-state index contributed by atoms with van der Waals surface area (Å²) in [6.07, 6.45) is 3.29. The number of carbonyl (C=O) groups is 1. The zero-order valence-electron chi connectivity index (χ0n) is 13.3. The minimum Gasteiger partial charge on any atom is -0.496 e. The highest BCUT2D eigenvalue weighted by Gasteiger charge is 2.13. The number of thioether (sulfide) groups is 1. The fourth-order valence-corrected chi connectivity index (χ4v) is 3.22. The summed E-state index contributed by atoms with van der Waals surface area (Å²) >= 11 is 1.56. The van der Waals surface area contributed by atoms with Crippen LogP contribution in [0.3, 0.4) is 0 Å². The van der Waals surface area contributed by atoms with E-state index < -0.39 is 0 Å². The molecule has 0 saturated heterocycles. The van der Waals surface area contributed by atoms with E-state index in [0.29, 0.717) is 10.9 Å². The quantitative estimate of drug-likeness (QED) is 0.876. The van der Waals surface area contributed by atoms with Crippen LogP contribution in [0.15, 0.2) is 33.9 Å². The molecule has 0 bridgehead atoms. The normalized spacial score (nSPS) is 14.9. The zero-order chi connectivity index (χ0) is 16.4. The van der Waals surface area contributed by atoms with Crippen molar-refractivity contribution in [1.82, 2.24) is 5.32 Å². The number of allylic oxidation sites excluding steroid dienone is 1. The zero-order valence-corrected chi connectivity index (χ0v) is 14.1. The van der Waals surface area contributed by atoms with Crippen LogP contribution >= 0.6 is 11.8 Å². The Labute approximate surface area is 138 Å². The Balaban J connectivity index is 1.92. The first-order valence-electron chi connectivity index (χ1n) is 7.31. The number of benzene rings is 1. The molecule has 0 spiro atoms. The number of furan rings is 1. The van der Waals surface area contributed by atoms with Gasteiger partial charge in [0.25, 0.3) is 0 Å². The smallest absolute Gasteiger partial charge is 0.250 e. The summed E-state index contributed by atoms with van der Waals surface area (Å²) in [4.78, 5) is 16.3. The number of carbonyl (C=O) groups excluding carboxylic acids is 1. The number of rotatable bonds is 3.